The molecule has 0 spiro atoms. The molecule has 1 heterocycles. The summed E-state index contributed by atoms with van der Waals surface area (Å²) in [7, 11) is 0. The number of anilines is 1. The summed E-state index contributed by atoms with van der Waals surface area (Å²) >= 11 is 4.44. The first-order valence-corrected chi connectivity index (χ1v) is 7.18. The Kier molecular flexibility index (Phi) is 4.15. The van der Waals surface area contributed by atoms with Gasteiger partial charge in [0, 0.05) is 16.5 Å². The molecule has 0 atom stereocenters. The van der Waals surface area contributed by atoms with E-state index in [0.717, 1.165) is 10.6 Å². The number of aryl methyl sites for hydroxylation is 2. The molecule has 2 aromatic rings. The first-order valence-electron chi connectivity index (χ1n) is 5.58. The van der Waals surface area contributed by atoms with E-state index < -0.39 is 10.8 Å². The number of amides is 1. The SMILES string of the molecule is Cc1nc(NC(=O)c2ccc(Br)c([N+](=O)[O-])c2)sc1C. The molecule has 104 valence electrons. The topological polar surface area (TPSA) is 85.1 Å². The summed E-state index contributed by atoms with van der Waals surface area (Å²) in [5.41, 5.74) is 0.918. The van der Waals surface area contributed by atoms with Gasteiger partial charge in [-0.15, -0.1) is 11.3 Å². The van der Waals surface area contributed by atoms with Gasteiger partial charge in [0.05, 0.1) is 15.1 Å². The van der Waals surface area contributed by atoms with Crippen molar-refractivity contribution < 1.29 is 9.72 Å². The van der Waals surface area contributed by atoms with E-state index >= 15 is 0 Å². The lowest BCUT2D eigenvalue weighted by molar-refractivity contribution is -0.385. The van der Waals surface area contributed by atoms with E-state index in [9.17, 15) is 14.9 Å². The van der Waals surface area contributed by atoms with Crippen LogP contribution in [0.4, 0.5) is 10.8 Å². The molecule has 2 rings (SSSR count). The van der Waals surface area contributed by atoms with Crippen LogP contribution in [0.5, 0.6) is 0 Å². The summed E-state index contributed by atoms with van der Waals surface area (Å²) < 4.78 is 0.333. The van der Waals surface area contributed by atoms with Crippen LogP contribution in [0, 0.1) is 24.0 Å². The first kappa shape index (κ1) is 14.6. The molecule has 0 fully saturated rings. The second-order valence-corrected chi connectivity index (χ2v) is 6.10. The Morgan fingerprint density at radius 1 is 1.45 bits per heavy atom. The van der Waals surface area contributed by atoms with Crippen LogP contribution in [0.15, 0.2) is 22.7 Å². The minimum atomic E-state index is -0.543. The predicted molar refractivity (Wildman–Crippen MR) is 80.3 cm³/mol. The van der Waals surface area contributed by atoms with E-state index in [-0.39, 0.29) is 11.3 Å². The van der Waals surface area contributed by atoms with Crippen LogP contribution < -0.4 is 5.32 Å². The van der Waals surface area contributed by atoms with Gasteiger partial charge in [-0.1, -0.05) is 0 Å². The van der Waals surface area contributed by atoms with Crippen molar-refractivity contribution in [2.45, 2.75) is 13.8 Å². The number of hydrogen-bond acceptors (Lipinski definition) is 5. The summed E-state index contributed by atoms with van der Waals surface area (Å²) in [6, 6.07) is 4.22. The number of halogens is 1. The molecule has 0 aliphatic rings. The van der Waals surface area contributed by atoms with Crippen LogP contribution in [0.1, 0.15) is 20.9 Å². The van der Waals surface area contributed by atoms with Crippen molar-refractivity contribution >= 4 is 44.0 Å². The fraction of sp³-hybridized carbons (Fsp3) is 0.167. The molecular weight excluding hydrogens is 346 g/mol. The lowest BCUT2D eigenvalue weighted by Gasteiger charge is -2.02. The zero-order chi connectivity index (χ0) is 14.9. The van der Waals surface area contributed by atoms with Crippen molar-refractivity contribution in [3.63, 3.8) is 0 Å². The number of nitrogens with zero attached hydrogens (tertiary/aromatic N) is 2. The molecule has 1 amide bonds. The maximum absolute atomic E-state index is 12.0. The van der Waals surface area contributed by atoms with Gasteiger partial charge < -0.3 is 0 Å². The minimum Gasteiger partial charge on any atom is -0.298 e. The third-order valence-electron chi connectivity index (χ3n) is 2.65. The van der Waals surface area contributed by atoms with Crippen LogP contribution in [0.25, 0.3) is 0 Å². The van der Waals surface area contributed by atoms with Crippen molar-refractivity contribution in [1.29, 1.82) is 0 Å². The minimum absolute atomic E-state index is 0.149. The number of rotatable bonds is 3. The third-order valence-corrected chi connectivity index (χ3v) is 4.31. The Balaban J connectivity index is 2.25. The first-order chi connectivity index (χ1) is 9.38. The monoisotopic (exact) mass is 355 g/mol. The number of nitrogens with one attached hydrogen (secondary N) is 1. The van der Waals surface area contributed by atoms with Crippen molar-refractivity contribution in [3.05, 3.63) is 48.9 Å². The number of nitro groups is 1. The smallest absolute Gasteiger partial charge is 0.284 e. The summed E-state index contributed by atoms with van der Waals surface area (Å²) in [4.78, 5) is 27.5. The number of carbonyl (C=O) groups excluding carboxylic acids is 1. The van der Waals surface area contributed by atoms with Gasteiger partial charge in [-0.3, -0.25) is 20.2 Å². The van der Waals surface area contributed by atoms with E-state index in [0.29, 0.717) is 9.60 Å². The largest absolute Gasteiger partial charge is 0.298 e. The molecule has 8 heteroatoms. The Labute approximate surface area is 127 Å². The molecule has 6 nitrogen and oxygen atoms in total. The normalized spacial score (nSPS) is 10.3. The van der Waals surface area contributed by atoms with Crippen LogP contribution in [-0.2, 0) is 0 Å². The van der Waals surface area contributed by atoms with Crippen molar-refractivity contribution in [2.24, 2.45) is 0 Å². The van der Waals surface area contributed by atoms with Crippen LogP contribution in [-0.4, -0.2) is 15.8 Å². The second-order valence-electron chi connectivity index (χ2n) is 4.04. The Morgan fingerprint density at radius 2 is 2.15 bits per heavy atom. The highest BCUT2D eigenvalue weighted by Crippen LogP contribution is 2.27. The van der Waals surface area contributed by atoms with E-state index in [1.54, 1.807) is 0 Å². The second kappa shape index (κ2) is 5.68. The van der Waals surface area contributed by atoms with Gasteiger partial charge in [0.1, 0.15) is 0 Å². The predicted octanol–water partition coefficient (Wildman–Crippen LogP) is 3.68. The summed E-state index contributed by atoms with van der Waals surface area (Å²) in [6.07, 6.45) is 0. The molecule has 0 saturated carbocycles. The molecule has 1 N–H and O–H groups in total. The maximum Gasteiger partial charge on any atom is 0.284 e. The van der Waals surface area contributed by atoms with Crippen LogP contribution >= 0.6 is 27.3 Å². The lowest BCUT2D eigenvalue weighted by Crippen LogP contribution is -2.12. The zero-order valence-corrected chi connectivity index (χ0v) is 13.0. The fourth-order valence-corrected chi connectivity index (χ4v) is 2.69. The quantitative estimate of drug-likeness (QED) is 0.671. The highest BCUT2D eigenvalue weighted by molar-refractivity contribution is 9.10. The molecule has 0 bridgehead atoms. The van der Waals surface area contributed by atoms with Crippen molar-refractivity contribution in [1.82, 2.24) is 4.98 Å². The van der Waals surface area contributed by atoms with Gasteiger partial charge in [0.2, 0.25) is 0 Å². The van der Waals surface area contributed by atoms with E-state index in [1.807, 2.05) is 13.8 Å². The van der Waals surface area contributed by atoms with Crippen molar-refractivity contribution in [3.8, 4) is 0 Å². The molecule has 1 aromatic heterocycles. The maximum atomic E-state index is 12.0. The van der Waals surface area contributed by atoms with Crippen molar-refractivity contribution in [2.75, 3.05) is 5.32 Å². The van der Waals surface area contributed by atoms with Gasteiger partial charge in [-0.05, 0) is 41.9 Å². The van der Waals surface area contributed by atoms with Gasteiger partial charge in [-0.25, -0.2) is 4.98 Å². The van der Waals surface area contributed by atoms with E-state index in [4.69, 9.17) is 0 Å². The Bertz CT molecular complexity index is 680. The number of carbonyl (C=O) groups is 1. The molecule has 0 aliphatic heterocycles. The Hall–Kier alpha value is -1.80. The number of hydrogen-bond donors (Lipinski definition) is 1. The van der Waals surface area contributed by atoms with Crippen LogP contribution in [0.2, 0.25) is 0 Å². The van der Waals surface area contributed by atoms with E-state index in [2.05, 4.69) is 26.2 Å². The third kappa shape index (κ3) is 3.02. The molecular formula is C12H10BrN3O3S. The number of aromatic nitrogens is 1. The van der Waals surface area contributed by atoms with Gasteiger partial charge in [0.15, 0.2) is 5.13 Å². The van der Waals surface area contributed by atoms with Gasteiger partial charge in [0.25, 0.3) is 11.6 Å². The standard InChI is InChI=1S/C12H10BrN3O3S/c1-6-7(2)20-12(14-6)15-11(17)8-3-4-9(13)10(5-8)16(18)19/h3-5H,1-2H3,(H,14,15,17). The van der Waals surface area contributed by atoms with E-state index in [1.165, 1.54) is 29.5 Å². The summed E-state index contributed by atoms with van der Waals surface area (Å²) in [5, 5.41) is 14.0. The molecule has 0 saturated heterocycles. The van der Waals surface area contributed by atoms with Crippen LogP contribution in [0.3, 0.4) is 0 Å². The molecule has 20 heavy (non-hydrogen) atoms. The molecule has 0 unspecified atom stereocenters. The Morgan fingerprint density at radius 3 is 2.70 bits per heavy atom. The van der Waals surface area contributed by atoms with Gasteiger partial charge in [-0.2, -0.15) is 0 Å². The average molecular weight is 356 g/mol. The zero-order valence-electron chi connectivity index (χ0n) is 10.6. The molecule has 1 aromatic carbocycles. The fourth-order valence-electron chi connectivity index (χ4n) is 1.49. The number of nitro benzene ring substituents is 1. The molecule has 0 aliphatic carbocycles. The summed E-state index contributed by atoms with van der Waals surface area (Å²) in [5.74, 6) is -0.422. The highest BCUT2D eigenvalue weighted by Gasteiger charge is 2.17. The lowest BCUT2D eigenvalue weighted by atomic mass is 10.2. The number of thiazole rings is 1. The summed E-state index contributed by atoms with van der Waals surface area (Å²) in [6.45, 7) is 3.76. The van der Waals surface area contributed by atoms with Gasteiger partial charge >= 0.3 is 0 Å². The highest BCUT2D eigenvalue weighted by atomic mass is 79.9. The number of benzene rings is 1. The average Bonchev–Trinajstić information content (AvgIpc) is 2.68. The molecule has 0 radical (unpaired) electrons.